The minimum Gasteiger partial charge on any atom is -0.481 e. The molecule has 0 spiro atoms. The summed E-state index contributed by atoms with van der Waals surface area (Å²) in [6.45, 7) is 1.57. The molecule has 3 N–H and O–H groups in total. The number of nitrogens with zero attached hydrogens (tertiary/aromatic N) is 1. The van der Waals surface area contributed by atoms with Crippen LogP contribution in [0.3, 0.4) is 0 Å². The second-order valence-electron chi connectivity index (χ2n) is 4.67. The number of carbonyl (C=O) groups is 2. The maximum Gasteiger partial charge on any atom is 0.326 e. The minimum absolute atomic E-state index is 0.0538. The van der Waals surface area contributed by atoms with Crippen molar-refractivity contribution in [2.24, 2.45) is 13.0 Å². The number of carbonyl (C=O) groups excluding carboxylic acids is 1. The Labute approximate surface area is 114 Å². The molecule has 0 bridgehead atoms. The smallest absolute Gasteiger partial charge is 0.326 e. The fourth-order valence-electron chi connectivity index (χ4n) is 1.80. The standard InChI is InChI=1S/C13H15N3O4/c1-7(12(18)19)6-14-11(17)8-3-4-9-10(5-8)16(2)13(20)15-9/h3-5,7H,6H2,1-2H3,(H,14,17)(H,15,20)(H,18,19). The van der Waals surface area contributed by atoms with Crippen LogP contribution in [0.1, 0.15) is 17.3 Å². The molecule has 0 aliphatic heterocycles. The molecule has 7 nitrogen and oxygen atoms in total. The Kier molecular flexibility index (Phi) is 3.60. The van der Waals surface area contributed by atoms with Gasteiger partial charge in [0.2, 0.25) is 0 Å². The fourth-order valence-corrected chi connectivity index (χ4v) is 1.80. The average molecular weight is 277 g/mol. The molecule has 20 heavy (non-hydrogen) atoms. The van der Waals surface area contributed by atoms with Gasteiger partial charge in [0.1, 0.15) is 0 Å². The van der Waals surface area contributed by atoms with Gasteiger partial charge < -0.3 is 15.4 Å². The summed E-state index contributed by atoms with van der Waals surface area (Å²) in [5, 5.41) is 11.3. The summed E-state index contributed by atoms with van der Waals surface area (Å²) in [7, 11) is 1.61. The Morgan fingerprint density at radius 3 is 2.80 bits per heavy atom. The van der Waals surface area contributed by atoms with Crippen molar-refractivity contribution in [3.05, 3.63) is 34.2 Å². The highest BCUT2D eigenvalue weighted by molar-refractivity contribution is 5.97. The third-order valence-corrected chi connectivity index (χ3v) is 3.16. The Morgan fingerprint density at radius 2 is 2.15 bits per heavy atom. The highest BCUT2D eigenvalue weighted by Gasteiger charge is 2.14. The lowest BCUT2D eigenvalue weighted by Gasteiger charge is -2.08. The third-order valence-electron chi connectivity index (χ3n) is 3.16. The molecule has 1 amide bonds. The highest BCUT2D eigenvalue weighted by atomic mass is 16.4. The van der Waals surface area contributed by atoms with Crippen molar-refractivity contribution in [3.63, 3.8) is 0 Å². The second-order valence-corrected chi connectivity index (χ2v) is 4.67. The lowest BCUT2D eigenvalue weighted by atomic mass is 10.1. The number of rotatable bonds is 4. The zero-order chi connectivity index (χ0) is 14.9. The number of imidazole rings is 1. The number of hydrogen-bond donors (Lipinski definition) is 3. The Balaban J connectivity index is 2.20. The molecule has 0 aliphatic carbocycles. The highest BCUT2D eigenvalue weighted by Crippen LogP contribution is 2.12. The number of aromatic nitrogens is 2. The molecule has 7 heteroatoms. The first-order valence-corrected chi connectivity index (χ1v) is 6.10. The fraction of sp³-hybridized carbons (Fsp3) is 0.308. The van der Waals surface area contributed by atoms with E-state index in [2.05, 4.69) is 10.3 Å². The quantitative estimate of drug-likeness (QED) is 0.748. The number of carboxylic acids is 1. The van der Waals surface area contributed by atoms with E-state index >= 15 is 0 Å². The van der Waals surface area contributed by atoms with E-state index in [0.717, 1.165) is 0 Å². The van der Waals surface area contributed by atoms with Crippen LogP contribution in [0.15, 0.2) is 23.0 Å². The molecule has 106 valence electrons. The predicted molar refractivity (Wildman–Crippen MR) is 72.7 cm³/mol. The first-order chi connectivity index (χ1) is 9.40. The Bertz CT molecular complexity index is 729. The summed E-state index contributed by atoms with van der Waals surface area (Å²) >= 11 is 0. The topological polar surface area (TPSA) is 104 Å². The van der Waals surface area contributed by atoms with Crippen LogP contribution in [0.4, 0.5) is 0 Å². The SMILES string of the molecule is CC(CNC(=O)c1ccc2[nH]c(=O)n(C)c2c1)C(=O)O. The lowest BCUT2D eigenvalue weighted by Crippen LogP contribution is -2.31. The molecule has 1 aromatic heterocycles. The summed E-state index contributed by atoms with van der Waals surface area (Å²) < 4.78 is 1.41. The maximum atomic E-state index is 11.9. The zero-order valence-corrected chi connectivity index (χ0v) is 11.1. The first kappa shape index (κ1) is 13.9. The van der Waals surface area contributed by atoms with Gasteiger partial charge in [0.05, 0.1) is 17.0 Å². The van der Waals surface area contributed by atoms with Crippen LogP contribution in [0.2, 0.25) is 0 Å². The normalized spacial score (nSPS) is 12.3. The molecular formula is C13H15N3O4. The Morgan fingerprint density at radius 1 is 1.45 bits per heavy atom. The minimum atomic E-state index is -0.964. The molecule has 2 rings (SSSR count). The number of nitrogens with one attached hydrogen (secondary N) is 2. The summed E-state index contributed by atoms with van der Waals surface area (Å²) in [5.41, 5.74) is 1.39. The molecule has 0 fully saturated rings. The average Bonchev–Trinajstić information content (AvgIpc) is 2.70. The summed E-state index contributed by atoms with van der Waals surface area (Å²) in [5.74, 6) is -1.98. The van der Waals surface area contributed by atoms with E-state index in [1.54, 1.807) is 25.2 Å². The Hall–Kier alpha value is -2.57. The van der Waals surface area contributed by atoms with E-state index in [4.69, 9.17) is 5.11 Å². The van der Waals surface area contributed by atoms with Gasteiger partial charge in [-0.1, -0.05) is 6.92 Å². The van der Waals surface area contributed by atoms with Crippen molar-refractivity contribution in [1.82, 2.24) is 14.9 Å². The van der Waals surface area contributed by atoms with Crippen molar-refractivity contribution in [3.8, 4) is 0 Å². The largest absolute Gasteiger partial charge is 0.481 e. The van der Waals surface area contributed by atoms with Crippen molar-refractivity contribution >= 4 is 22.9 Å². The van der Waals surface area contributed by atoms with Gasteiger partial charge in [0, 0.05) is 19.2 Å². The van der Waals surface area contributed by atoms with Crippen molar-refractivity contribution < 1.29 is 14.7 Å². The number of aliphatic carboxylic acids is 1. The van der Waals surface area contributed by atoms with Gasteiger partial charge in [0.25, 0.3) is 5.91 Å². The van der Waals surface area contributed by atoms with Gasteiger partial charge in [-0.25, -0.2) is 4.79 Å². The van der Waals surface area contributed by atoms with E-state index in [1.807, 2.05) is 0 Å². The molecule has 1 atom stereocenters. The van der Waals surface area contributed by atoms with E-state index < -0.39 is 11.9 Å². The van der Waals surface area contributed by atoms with E-state index in [1.165, 1.54) is 11.5 Å². The van der Waals surface area contributed by atoms with E-state index in [0.29, 0.717) is 16.6 Å². The van der Waals surface area contributed by atoms with E-state index in [9.17, 15) is 14.4 Å². The summed E-state index contributed by atoms with van der Waals surface area (Å²) in [6, 6.07) is 4.82. The molecule has 0 radical (unpaired) electrons. The molecule has 0 saturated heterocycles. The second kappa shape index (κ2) is 5.20. The van der Waals surface area contributed by atoms with Crippen molar-refractivity contribution in [2.75, 3.05) is 6.54 Å². The van der Waals surface area contributed by atoms with Gasteiger partial charge in [-0.3, -0.25) is 14.2 Å². The van der Waals surface area contributed by atoms with Crippen LogP contribution in [0.25, 0.3) is 11.0 Å². The first-order valence-electron chi connectivity index (χ1n) is 6.10. The molecule has 0 aliphatic rings. The molecule has 1 unspecified atom stereocenters. The van der Waals surface area contributed by atoms with Crippen LogP contribution in [0, 0.1) is 5.92 Å². The van der Waals surface area contributed by atoms with Crippen LogP contribution in [0.5, 0.6) is 0 Å². The number of benzene rings is 1. The zero-order valence-electron chi connectivity index (χ0n) is 11.1. The number of aromatic amines is 1. The summed E-state index contributed by atoms with van der Waals surface area (Å²) in [4.78, 5) is 36.7. The number of fused-ring (bicyclic) bond motifs is 1. The van der Waals surface area contributed by atoms with Crippen LogP contribution >= 0.6 is 0 Å². The molecular weight excluding hydrogens is 262 g/mol. The molecule has 0 saturated carbocycles. The number of aryl methyl sites for hydroxylation is 1. The number of H-pyrrole nitrogens is 1. The monoisotopic (exact) mass is 277 g/mol. The predicted octanol–water partition coefficient (Wildman–Crippen LogP) is 0.317. The maximum absolute atomic E-state index is 11.9. The van der Waals surface area contributed by atoms with Crippen LogP contribution in [-0.4, -0.2) is 33.1 Å². The van der Waals surface area contributed by atoms with Crippen LogP contribution in [-0.2, 0) is 11.8 Å². The van der Waals surface area contributed by atoms with Crippen molar-refractivity contribution in [1.29, 1.82) is 0 Å². The number of hydrogen-bond acceptors (Lipinski definition) is 3. The van der Waals surface area contributed by atoms with Gasteiger partial charge in [0.15, 0.2) is 0 Å². The molecule has 2 aromatic rings. The van der Waals surface area contributed by atoms with Gasteiger partial charge in [-0.05, 0) is 18.2 Å². The molecule has 1 heterocycles. The number of amides is 1. The number of carboxylic acid groups (broad SMARTS) is 1. The lowest BCUT2D eigenvalue weighted by molar-refractivity contribution is -0.140. The van der Waals surface area contributed by atoms with Gasteiger partial charge >= 0.3 is 11.7 Å². The third kappa shape index (κ3) is 2.56. The van der Waals surface area contributed by atoms with E-state index in [-0.39, 0.29) is 18.1 Å². The van der Waals surface area contributed by atoms with Gasteiger partial charge in [-0.15, -0.1) is 0 Å². The summed E-state index contributed by atoms with van der Waals surface area (Å²) in [6.07, 6.45) is 0. The molecule has 1 aromatic carbocycles. The van der Waals surface area contributed by atoms with Gasteiger partial charge in [-0.2, -0.15) is 0 Å². The van der Waals surface area contributed by atoms with Crippen molar-refractivity contribution in [2.45, 2.75) is 6.92 Å². The van der Waals surface area contributed by atoms with Crippen LogP contribution < -0.4 is 11.0 Å².